The van der Waals surface area contributed by atoms with Crippen molar-refractivity contribution >= 4 is 22.4 Å². The second-order valence-electron chi connectivity index (χ2n) is 6.20. The Bertz CT molecular complexity index is 507. The van der Waals surface area contributed by atoms with Gasteiger partial charge in [-0.15, -0.1) is 11.3 Å². The maximum Gasteiger partial charge on any atom is 0.246 e. The first-order valence-electron chi connectivity index (χ1n) is 8.01. The van der Waals surface area contributed by atoms with Crippen molar-refractivity contribution in [2.24, 2.45) is 5.73 Å². The summed E-state index contributed by atoms with van der Waals surface area (Å²) < 4.78 is 5.28. The van der Waals surface area contributed by atoms with Gasteiger partial charge in [-0.1, -0.05) is 6.42 Å². The van der Waals surface area contributed by atoms with Crippen LogP contribution in [0.2, 0.25) is 0 Å². The van der Waals surface area contributed by atoms with Gasteiger partial charge in [0.05, 0.1) is 5.69 Å². The van der Waals surface area contributed by atoms with Crippen molar-refractivity contribution in [2.45, 2.75) is 44.2 Å². The Hall–Kier alpha value is -1.02. The van der Waals surface area contributed by atoms with Crippen LogP contribution >= 0.6 is 11.3 Å². The molecule has 0 unspecified atom stereocenters. The summed E-state index contributed by atoms with van der Waals surface area (Å²) in [4.78, 5) is 19.3. The molecule has 0 bridgehead atoms. The lowest BCUT2D eigenvalue weighted by molar-refractivity contribution is -0.124. The van der Waals surface area contributed by atoms with Crippen LogP contribution < -0.4 is 11.1 Å². The van der Waals surface area contributed by atoms with Crippen molar-refractivity contribution in [1.29, 1.82) is 0 Å². The summed E-state index contributed by atoms with van der Waals surface area (Å²) in [5.41, 5.74) is 6.39. The number of nitrogens with two attached hydrogens (primary N) is 1. The van der Waals surface area contributed by atoms with Crippen LogP contribution in [0.4, 0.5) is 5.13 Å². The summed E-state index contributed by atoms with van der Waals surface area (Å²) in [5, 5.41) is 5.55. The molecule has 1 aromatic heterocycles. The molecule has 2 fully saturated rings. The highest BCUT2D eigenvalue weighted by molar-refractivity contribution is 7.13. The smallest absolute Gasteiger partial charge is 0.246 e. The number of carbonyl (C=O) groups excluding carboxylic acids is 1. The van der Waals surface area contributed by atoms with Crippen LogP contribution in [0.15, 0.2) is 5.38 Å². The predicted molar refractivity (Wildman–Crippen MR) is 86.8 cm³/mol. The number of nitrogens with one attached hydrogen (secondary N) is 1. The van der Waals surface area contributed by atoms with Crippen molar-refractivity contribution in [1.82, 2.24) is 9.88 Å². The zero-order chi connectivity index (χ0) is 15.4. The van der Waals surface area contributed by atoms with Gasteiger partial charge in [-0.2, -0.15) is 0 Å². The Balaban J connectivity index is 1.55. The standard InChI is InChI=1S/C15H24N4O2S/c16-15(4-8-21-9-5-15)13(20)18-14-17-12(11-22-14)10-19-6-2-1-3-7-19/h11H,1-10,16H2,(H,17,18,20). The molecule has 3 heterocycles. The second-order valence-corrected chi connectivity index (χ2v) is 7.06. The van der Waals surface area contributed by atoms with Crippen LogP contribution in [0.3, 0.4) is 0 Å². The van der Waals surface area contributed by atoms with E-state index in [-0.39, 0.29) is 5.91 Å². The summed E-state index contributed by atoms with van der Waals surface area (Å²) >= 11 is 1.47. The van der Waals surface area contributed by atoms with Gasteiger partial charge in [0.1, 0.15) is 5.54 Å². The van der Waals surface area contributed by atoms with Gasteiger partial charge in [0.15, 0.2) is 5.13 Å². The maximum absolute atomic E-state index is 12.4. The molecule has 0 spiro atoms. The molecule has 1 amide bonds. The first kappa shape index (κ1) is 15.9. The van der Waals surface area contributed by atoms with Crippen LogP contribution in [0.1, 0.15) is 37.8 Å². The third-order valence-corrected chi connectivity index (χ3v) is 5.25. The van der Waals surface area contributed by atoms with Crippen molar-refractivity contribution in [2.75, 3.05) is 31.6 Å². The highest BCUT2D eigenvalue weighted by atomic mass is 32.1. The van der Waals surface area contributed by atoms with Crippen LogP contribution in [0, 0.1) is 0 Å². The van der Waals surface area contributed by atoms with E-state index in [9.17, 15) is 4.79 Å². The van der Waals surface area contributed by atoms with Gasteiger partial charge in [0.2, 0.25) is 5.91 Å². The van der Waals surface area contributed by atoms with Crippen LogP contribution in [0.5, 0.6) is 0 Å². The molecule has 2 aliphatic heterocycles. The Morgan fingerprint density at radius 3 is 2.82 bits per heavy atom. The zero-order valence-electron chi connectivity index (χ0n) is 12.8. The number of rotatable bonds is 4. The van der Waals surface area contributed by atoms with Crippen LogP contribution in [-0.2, 0) is 16.1 Å². The maximum atomic E-state index is 12.4. The molecule has 122 valence electrons. The minimum atomic E-state index is -0.822. The number of aromatic nitrogens is 1. The number of hydrogen-bond donors (Lipinski definition) is 2. The first-order valence-corrected chi connectivity index (χ1v) is 8.88. The summed E-state index contributed by atoms with van der Waals surface area (Å²) in [6.07, 6.45) is 4.99. The number of amides is 1. The lowest BCUT2D eigenvalue weighted by atomic mass is 9.90. The summed E-state index contributed by atoms with van der Waals surface area (Å²) in [6.45, 7) is 4.24. The molecule has 3 rings (SSSR count). The number of hydrogen-bond acceptors (Lipinski definition) is 6. The summed E-state index contributed by atoms with van der Waals surface area (Å²) in [7, 11) is 0. The van der Waals surface area contributed by atoms with E-state index in [4.69, 9.17) is 10.5 Å². The average Bonchev–Trinajstić information content (AvgIpc) is 2.96. The lowest BCUT2D eigenvalue weighted by Crippen LogP contribution is -2.54. The van der Waals surface area contributed by atoms with E-state index < -0.39 is 5.54 Å². The third-order valence-electron chi connectivity index (χ3n) is 4.44. The van der Waals surface area contributed by atoms with Crippen molar-refractivity contribution in [3.63, 3.8) is 0 Å². The molecule has 3 N–H and O–H groups in total. The number of ether oxygens (including phenoxy) is 1. The van der Waals surface area contributed by atoms with Gasteiger partial charge in [0, 0.05) is 25.1 Å². The van der Waals surface area contributed by atoms with Crippen LogP contribution in [-0.4, -0.2) is 47.6 Å². The molecule has 0 atom stereocenters. The van der Waals surface area contributed by atoms with E-state index in [1.165, 1.54) is 30.6 Å². The van der Waals surface area contributed by atoms with E-state index in [1.54, 1.807) is 0 Å². The Morgan fingerprint density at radius 2 is 2.09 bits per heavy atom. The van der Waals surface area contributed by atoms with Gasteiger partial charge >= 0.3 is 0 Å². The lowest BCUT2D eigenvalue weighted by Gasteiger charge is -2.31. The fourth-order valence-electron chi connectivity index (χ4n) is 2.97. The Kier molecular flexibility index (Phi) is 5.07. The van der Waals surface area contributed by atoms with Gasteiger partial charge in [-0.3, -0.25) is 9.69 Å². The van der Waals surface area contributed by atoms with Crippen molar-refractivity contribution in [3.05, 3.63) is 11.1 Å². The molecular weight excluding hydrogens is 300 g/mol. The molecule has 22 heavy (non-hydrogen) atoms. The van der Waals surface area contributed by atoms with E-state index in [2.05, 4.69) is 15.2 Å². The second kappa shape index (κ2) is 7.04. The van der Waals surface area contributed by atoms with E-state index in [0.29, 0.717) is 31.2 Å². The molecule has 2 saturated heterocycles. The Labute approximate surface area is 135 Å². The van der Waals surface area contributed by atoms with Gasteiger partial charge < -0.3 is 15.8 Å². The molecule has 2 aliphatic rings. The number of piperidine rings is 1. The van der Waals surface area contributed by atoms with Crippen molar-refractivity contribution < 1.29 is 9.53 Å². The number of anilines is 1. The fraction of sp³-hybridized carbons (Fsp3) is 0.733. The summed E-state index contributed by atoms with van der Waals surface area (Å²) in [5.74, 6) is -0.144. The minimum Gasteiger partial charge on any atom is -0.381 e. The zero-order valence-corrected chi connectivity index (χ0v) is 13.7. The van der Waals surface area contributed by atoms with Crippen molar-refractivity contribution in [3.8, 4) is 0 Å². The third kappa shape index (κ3) is 3.84. The summed E-state index contributed by atoms with van der Waals surface area (Å²) in [6, 6.07) is 0. The monoisotopic (exact) mass is 324 g/mol. The normalized spacial score (nSPS) is 22.4. The van der Waals surface area contributed by atoms with Gasteiger partial charge in [-0.05, 0) is 38.8 Å². The predicted octanol–water partition coefficient (Wildman–Crippen LogP) is 1.58. The minimum absolute atomic E-state index is 0.144. The first-order chi connectivity index (χ1) is 10.7. The van der Waals surface area contributed by atoms with Gasteiger partial charge in [-0.25, -0.2) is 4.98 Å². The number of nitrogens with zero attached hydrogens (tertiary/aromatic N) is 2. The topological polar surface area (TPSA) is 80.5 Å². The molecule has 0 saturated carbocycles. The molecule has 0 radical (unpaired) electrons. The molecule has 1 aromatic rings. The molecule has 6 nitrogen and oxygen atoms in total. The van der Waals surface area contributed by atoms with Gasteiger partial charge in [0.25, 0.3) is 0 Å². The SMILES string of the molecule is NC1(C(=O)Nc2nc(CN3CCCCC3)cs2)CCOCC1. The molecule has 7 heteroatoms. The number of thiazole rings is 1. The fourth-order valence-corrected chi connectivity index (χ4v) is 3.66. The molecular formula is C15H24N4O2S. The van der Waals surface area contributed by atoms with E-state index in [0.717, 1.165) is 25.3 Å². The quantitative estimate of drug-likeness (QED) is 0.879. The average molecular weight is 324 g/mol. The van der Waals surface area contributed by atoms with E-state index >= 15 is 0 Å². The molecule has 0 aliphatic carbocycles. The van der Waals surface area contributed by atoms with E-state index in [1.807, 2.05) is 5.38 Å². The number of likely N-dealkylation sites (tertiary alicyclic amines) is 1. The molecule has 0 aromatic carbocycles. The Morgan fingerprint density at radius 1 is 1.36 bits per heavy atom. The largest absolute Gasteiger partial charge is 0.381 e. The number of carbonyl (C=O) groups is 1. The highest BCUT2D eigenvalue weighted by Crippen LogP contribution is 2.23. The highest BCUT2D eigenvalue weighted by Gasteiger charge is 2.36. The van der Waals surface area contributed by atoms with Crippen LogP contribution in [0.25, 0.3) is 0 Å².